The summed E-state index contributed by atoms with van der Waals surface area (Å²) in [7, 11) is 0. The second-order valence-corrected chi connectivity index (χ2v) is 8.23. The maximum Gasteiger partial charge on any atom is 0.244 e. The molecule has 0 fully saturated rings. The Balaban J connectivity index is 3.02. The van der Waals surface area contributed by atoms with Crippen LogP contribution in [0.2, 0.25) is 0 Å². The molecule has 0 radical (unpaired) electrons. The molecule has 0 saturated carbocycles. The molecule has 26 heavy (non-hydrogen) atoms. The number of halogens is 1. The molecule has 0 atom stereocenters. The Kier molecular flexibility index (Phi) is 22.5. The largest absolute Gasteiger partial charge is 0.276 e. The van der Waals surface area contributed by atoms with E-state index in [0.29, 0.717) is 0 Å². The van der Waals surface area contributed by atoms with Gasteiger partial charge in [-0.25, -0.2) is 0 Å². The van der Waals surface area contributed by atoms with E-state index >= 15 is 0 Å². The molecule has 154 valence electrons. The fourth-order valence-corrected chi connectivity index (χ4v) is 3.61. The molecule has 0 aromatic rings. The molecule has 0 aliphatic carbocycles. The van der Waals surface area contributed by atoms with Crippen molar-refractivity contribution in [2.45, 2.75) is 135 Å². The van der Waals surface area contributed by atoms with Crippen LogP contribution in [0, 0.1) is 0 Å². The van der Waals surface area contributed by atoms with Gasteiger partial charge in [0.1, 0.15) is 0 Å². The molecule has 0 aliphatic rings. The summed E-state index contributed by atoms with van der Waals surface area (Å²) in [5.74, 6) is 0. The number of rotatable bonds is 21. The highest BCUT2D eigenvalue weighted by molar-refractivity contribution is 6.66. The first-order chi connectivity index (χ1) is 12.8. The van der Waals surface area contributed by atoms with Crippen LogP contribution in [0.5, 0.6) is 0 Å². The first kappa shape index (κ1) is 25.7. The lowest BCUT2D eigenvalue weighted by Gasteiger charge is -2.03. The average molecular weight is 385 g/mol. The fourth-order valence-electron chi connectivity index (χ4n) is 3.52. The SMILES string of the molecule is CCCCCCCCCCCCCCCCCCCCC/C=C/C(=O)Cl. The molecule has 0 saturated heterocycles. The van der Waals surface area contributed by atoms with Gasteiger partial charge in [0.2, 0.25) is 5.24 Å². The first-order valence-corrected chi connectivity index (χ1v) is 12.0. The average Bonchev–Trinajstić information content (AvgIpc) is 2.62. The third-order valence-corrected chi connectivity index (χ3v) is 5.35. The summed E-state index contributed by atoms with van der Waals surface area (Å²) in [5, 5.41) is -0.359. The quantitative estimate of drug-likeness (QED) is 0.109. The Hall–Kier alpha value is -0.300. The molecule has 0 bridgehead atoms. The summed E-state index contributed by atoms with van der Waals surface area (Å²) in [6, 6.07) is 0. The lowest BCUT2D eigenvalue weighted by molar-refractivity contribution is -0.107. The standard InChI is InChI=1S/C24H45ClO/c1-2-3-4-5-6-7-8-9-10-11-12-13-14-15-16-17-18-19-20-21-22-23-24(25)26/h22-23H,2-21H2,1H3/b23-22+. The number of unbranched alkanes of at least 4 members (excludes halogenated alkanes) is 19. The molecule has 2 heteroatoms. The molecule has 0 unspecified atom stereocenters. The van der Waals surface area contributed by atoms with Crippen LogP contribution in [0.4, 0.5) is 0 Å². The maximum atomic E-state index is 10.5. The summed E-state index contributed by atoms with van der Waals surface area (Å²) < 4.78 is 0. The zero-order valence-electron chi connectivity index (χ0n) is 17.6. The monoisotopic (exact) mass is 384 g/mol. The van der Waals surface area contributed by atoms with Crippen molar-refractivity contribution < 1.29 is 4.79 Å². The van der Waals surface area contributed by atoms with Gasteiger partial charge in [0.05, 0.1) is 0 Å². The van der Waals surface area contributed by atoms with Crippen molar-refractivity contribution in [1.29, 1.82) is 0 Å². The van der Waals surface area contributed by atoms with E-state index in [9.17, 15) is 4.79 Å². The number of carbonyl (C=O) groups is 1. The Morgan fingerprint density at radius 1 is 0.577 bits per heavy atom. The van der Waals surface area contributed by atoms with Crippen molar-refractivity contribution in [2.75, 3.05) is 0 Å². The highest BCUT2D eigenvalue weighted by atomic mass is 35.5. The number of hydrogen-bond donors (Lipinski definition) is 0. The first-order valence-electron chi connectivity index (χ1n) is 11.6. The van der Waals surface area contributed by atoms with Crippen LogP contribution < -0.4 is 0 Å². The molecule has 0 aromatic carbocycles. The maximum absolute atomic E-state index is 10.5. The summed E-state index contributed by atoms with van der Waals surface area (Å²) in [5.41, 5.74) is 0. The van der Waals surface area contributed by atoms with Crippen molar-refractivity contribution in [3.8, 4) is 0 Å². The molecule has 0 N–H and O–H groups in total. The number of allylic oxidation sites excluding steroid dienone is 2. The lowest BCUT2D eigenvalue weighted by Crippen LogP contribution is -1.84. The van der Waals surface area contributed by atoms with E-state index < -0.39 is 0 Å². The lowest BCUT2D eigenvalue weighted by atomic mass is 10.0. The Morgan fingerprint density at radius 3 is 1.19 bits per heavy atom. The van der Waals surface area contributed by atoms with Gasteiger partial charge in [0.15, 0.2) is 0 Å². The Bertz CT molecular complexity index is 311. The van der Waals surface area contributed by atoms with Gasteiger partial charge >= 0.3 is 0 Å². The fraction of sp³-hybridized carbons (Fsp3) is 0.875. The second kappa shape index (κ2) is 22.7. The van der Waals surface area contributed by atoms with Crippen LogP contribution in [-0.4, -0.2) is 5.24 Å². The van der Waals surface area contributed by atoms with E-state index in [2.05, 4.69) is 6.92 Å². The Morgan fingerprint density at radius 2 is 0.885 bits per heavy atom. The highest BCUT2D eigenvalue weighted by Crippen LogP contribution is 2.14. The molecule has 0 amide bonds. The number of hydrogen-bond acceptors (Lipinski definition) is 1. The van der Waals surface area contributed by atoms with Crippen LogP contribution in [0.25, 0.3) is 0 Å². The van der Waals surface area contributed by atoms with Crippen molar-refractivity contribution in [1.82, 2.24) is 0 Å². The van der Waals surface area contributed by atoms with Crippen LogP contribution >= 0.6 is 11.6 Å². The van der Waals surface area contributed by atoms with Crippen molar-refractivity contribution in [3.63, 3.8) is 0 Å². The van der Waals surface area contributed by atoms with E-state index in [1.165, 1.54) is 128 Å². The molecular weight excluding hydrogens is 340 g/mol. The van der Waals surface area contributed by atoms with E-state index in [-0.39, 0.29) is 5.24 Å². The normalized spacial score (nSPS) is 11.5. The molecule has 1 nitrogen and oxygen atoms in total. The van der Waals surface area contributed by atoms with Crippen LogP contribution in [0.3, 0.4) is 0 Å². The van der Waals surface area contributed by atoms with E-state index in [1.807, 2.05) is 6.08 Å². The van der Waals surface area contributed by atoms with Gasteiger partial charge in [-0.05, 0) is 30.5 Å². The molecule has 0 aliphatic heterocycles. The minimum Gasteiger partial charge on any atom is -0.276 e. The van der Waals surface area contributed by atoms with Gasteiger partial charge in [-0.15, -0.1) is 0 Å². The predicted octanol–water partition coefficient (Wildman–Crippen LogP) is 9.13. The van der Waals surface area contributed by atoms with E-state index in [1.54, 1.807) is 0 Å². The van der Waals surface area contributed by atoms with Gasteiger partial charge in [0, 0.05) is 0 Å². The third kappa shape index (κ3) is 23.7. The third-order valence-electron chi connectivity index (χ3n) is 5.22. The van der Waals surface area contributed by atoms with Crippen LogP contribution in [0.1, 0.15) is 135 Å². The second-order valence-electron chi connectivity index (χ2n) is 7.86. The Labute approximate surface area is 169 Å². The van der Waals surface area contributed by atoms with Crippen LogP contribution in [-0.2, 0) is 4.79 Å². The van der Waals surface area contributed by atoms with Gasteiger partial charge in [-0.1, -0.05) is 129 Å². The van der Waals surface area contributed by atoms with Gasteiger partial charge in [-0.3, -0.25) is 4.79 Å². The zero-order chi connectivity index (χ0) is 19.1. The van der Waals surface area contributed by atoms with E-state index in [0.717, 1.165) is 6.42 Å². The minimum atomic E-state index is -0.359. The van der Waals surface area contributed by atoms with Crippen molar-refractivity contribution >= 4 is 16.8 Å². The summed E-state index contributed by atoms with van der Waals surface area (Å²) in [6.45, 7) is 2.29. The van der Waals surface area contributed by atoms with E-state index in [4.69, 9.17) is 11.6 Å². The summed E-state index contributed by atoms with van der Waals surface area (Å²) >= 11 is 5.24. The van der Waals surface area contributed by atoms with Gasteiger partial charge < -0.3 is 0 Å². The number of carbonyl (C=O) groups excluding carboxylic acids is 1. The minimum absolute atomic E-state index is 0.359. The summed E-state index contributed by atoms with van der Waals surface area (Å²) in [4.78, 5) is 10.5. The highest BCUT2D eigenvalue weighted by Gasteiger charge is 1.95. The molecule has 0 aromatic heterocycles. The van der Waals surface area contributed by atoms with Gasteiger partial charge in [-0.2, -0.15) is 0 Å². The molecule has 0 rings (SSSR count). The van der Waals surface area contributed by atoms with Gasteiger partial charge in [0.25, 0.3) is 0 Å². The predicted molar refractivity (Wildman–Crippen MR) is 118 cm³/mol. The van der Waals surface area contributed by atoms with Crippen molar-refractivity contribution in [2.24, 2.45) is 0 Å². The molecular formula is C24H45ClO. The zero-order valence-corrected chi connectivity index (χ0v) is 18.3. The van der Waals surface area contributed by atoms with Crippen molar-refractivity contribution in [3.05, 3.63) is 12.2 Å². The smallest absolute Gasteiger partial charge is 0.244 e. The topological polar surface area (TPSA) is 17.1 Å². The van der Waals surface area contributed by atoms with Crippen LogP contribution in [0.15, 0.2) is 12.2 Å². The summed E-state index contributed by atoms with van der Waals surface area (Å²) in [6.07, 6.45) is 31.1. The molecule has 0 heterocycles. The molecule has 0 spiro atoms.